The van der Waals surface area contributed by atoms with Gasteiger partial charge in [0.15, 0.2) is 0 Å². The molecule has 110 valence electrons. The molecule has 2 rings (SSSR count). The quantitative estimate of drug-likeness (QED) is 0.843. The lowest BCUT2D eigenvalue weighted by molar-refractivity contribution is 0.0900. The van der Waals surface area contributed by atoms with Crippen molar-refractivity contribution in [2.45, 2.75) is 38.8 Å². The van der Waals surface area contributed by atoms with Gasteiger partial charge in [0.05, 0.1) is 10.7 Å². The molecule has 0 atom stereocenters. The van der Waals surface area contributed by atoms with Crippen LogP contribution in [0.5, 0.6) is 0 Å². The van der Waals surface area contributed by atoms with Gasteiger partial charge in [0.25, 0.3) is 5.91 Å². The summed E-state index contributed by atoms with van der Waals surface area (Å²) in [6.07, 6.45) is 1.99. The second kappa shape index (κ2) is 6.46. The molecular weight excluding hydrogens is 274 g/mol. The molecular formula is C15H22ClN3O. The van der Waals surface area contributed by atoms with Crippen LogP contribution >= 0.6 is 11.6 Å². The van der Waals surface area contributed by atoms with E-state index in [1.54, 1.807) is 18.2 Å². The molecule has 1 aromatic carbocycles. The fourth-order valence-electron chi connectivity index (χ4n) is 2.50. The van der Waals surface area contributed by atoms with Crippen molar-refractivity contribution < 1.29 is 4.79 Å². The summed E-state index contributed by atoms with van der Waals surface area (Å²) in [6.45, 7) is 6.47. The second-order valence-electron chi connectivity index (χ2n) is 5.61. The molecule has 0 radical (unpaired) electrons. The number of likely N-dealkylation sites (tertiary alicyclic amines) is 1. The number of carbonyl (C=O) groups excluding carboxylic acids is 1. The van der Waals surface area contributed by atoms with Crippen LogP contribution in [0.4, 0.5) is 5.69 Å². The van der Waals surface area contributed by atoms with Crippen LogP contribution in [0.1, 0.15) is 37.0 Å². The number of halogens is 1. The molecule has 5 heteroatoms. The Morgan fingerprint density at radius 3 is 2.60 bits per heavy atom. The summed E-state index contributed by atoms with van der Waals surface area (Å²) in [7, 11) is 0. The lowest BCUT2D eigenvalue weighted by Gasteiger charge is -2.34. The standard InChI is InChI=1S/C15H22ClN3O/c1-10(2)19-7-5-12(6-8-19)18-15(20)11-3-4-14(17)13(16)9-11/h3-4,9-10,12H,5-8,17H2,1-2H3,(H,18,20). The Labute approximate surface area is 125 Å². The summed E-state index contributed by atoms with van der Waals surface area (Å²) in [6, 6.07) is 5.81. The molecule has 1 saturated heterocycles. The molecule has 0 aromatic heterocycles. The summed E-state index contributed by atoms with van der Waals surface area (Å²) < 4.78 is 0. The minimum Gasteiger partial charge on any atom is -0.398 e. The van der Waals surface area contributed by atoms with Gasteiger partial charge in [-0.05, 0) is 44.9 Å². The van der Waals surface area contributed by atoms with Crippen molar-refractivity contribution in [3.8, 4) is 0 Å². The summed E-state index contributed by atoms with van der Waals surface area (Å²) >= 11 is 5.94. The van der Waals surface area contributed by atoms with Crippen molar-refractivity contribution in [2.24, 2.45) is 0 Å². The number of nitrogens with two attached hydrogens (primary N) is 1. The van der Waals surface area contributed by atoms with Gasteiger partial charge in [0.2, 0.25) is 0 Å². The van der Waals surface area contributed by atoms with Crippen molar-refractivity contribution in [1.29, 1.82) is 0 Å². The number of nitrogens with zero attached hydrogens (tertiary/aromatic N) is 1. The molecule has 0 bridgehead atoms. The minimum atomic E-state index is -0.0742. The van der Waals surface area contributed by atoms with Crippen LogP contribution in [0.3, 0.4) is 0 Å². The van der Waals surface area contributed by atoms with Gasteiger partial charge in [-0.3, -0.25) is 4.79 Å². The van der Waals surface area contributed by atoms with E-state index in [-0.39, 0.29) is 11.9 Å². The molecule has 0 spiro atoms. The highest BCUT2D eigenvalue weighted by atomic mass is 35.5. The number of piperidine rings is 1. The summed E-state index contributed by atoms with van der Waals surface area (Å²) in [4.78, 5) is 14.6. The first kappa shape index (κ1) is 15.1. The highest BCUT2D eigenvalue weighted by molar-refractivity contribution is 6.33. The zero-order valence-electron chi connectivity index (χ0n) is 12.0. The molecule has 20 heavy (non-hydrogen) atoms. The van der Waals surface area contributed by atoms with Gasteiger partial charge in [0, 0.05) is 30.7 Å². The molecule has 1 amide bonds. The fraction of sp³-hybridized carbons (Fsp3) is 0.533. The zero-order valence-corrected chi connectivity index (χ0v) is 12.8. The molecule has 0 aliphatic carbocycles. The maximum absolute atomic E-state index is 12.2. The third kappa shape index (κ3) is 3.64. The molecule has 4 nitrogen and oxygen atoms in total. The van der Waals surface area contributed by atoms with Crippen molar-refractivity contribution in [3.05, 3.63) is 28.8 Å². The highest BCUT2D eigenvalue weighted by Crippen LogP contribution is 2.20. The van der Waals surface area contributed by atoms with E-state index >= 15 is 0 Å². The third-order valence-corrected chi connectivity index (χ3v) is 4.19. The number of nitrogens with one attached hydrogen (secondary N) is 1. The molecule has 1 aliphatic rings. The number of rotatable bonds is 3. The van der Waals surface area contributed by atoms with Gasteiger partial charge in [-0.2, -0.15) is 0 Å². The summed E-state index contributed by atoms with van der Waals surface area (Å²) in [5.74, 6) is -0.0742. The topological polar surface area (TPSA) is 58.4 Å². The molecule has 1 aliphatic heterocycles. The Balaban J connectivity index is 1.91. The van der Waals surface area contributed by atoms with E-state index in [0.29, 0.717) is 22.3 Å². The monoisotopic (exact) mass is 295 g/mol. The highest BCUT2D eigenvalue weighted by Gasteiger charge is 2.22. The van der Waals surface area contributed by atoms with Crippen LogP contribution in [0.25, 0.3) is 0 Å². The Bertz CT molecular complexity index is 482. The van der Waals surface area contributed by atoms with Crippen LogP contribution in [0.2, 0.25) is 5.02 Å². The average molecular weight is 296 g/mol. The summed E-state index contributed by atoms with van der Waals surface area (Å²) in [5.41, 5.74) is 6.71. The number of nitrogen functional groups attached to an aromatic ring is 1. The van der Waals surface area contributed by atoms with E-state index in [4.69, 9.17) is 17.3 Å². The molecule has 1 heterocycles. The second-order valence-corrected chi connectivity index (χ2v) is 6.02. The molecule has 1 aromatic rings. The van der Waals surface area contributed by atoms with E-state index in [9.17, 15) is 4.79 Å². The van der Waals surface area contributed by atoms with Gasteiger partial charge in [-0.1, -0.05) is 11.6 Å². The van der Waals surface area contributed by atoms with Crippen molar-refractivity contribution in [3.63, 3.8) is 0 Å². The Kier molecular flexibility index (Phi) is 4.89. The Morgan fingerprint density at radius 2 is 2.05 bits per heavy atom. The number of anilines is 1. The van der Waals surface area contributed by atoms with Crippen LogP contribution in [0, 0.1) is 0 Å². The lowest BCUT2D eigenvalue weighted by atomic mass is 10.0. The predicted octanol–water partition coefficient (Wildman–Crippen LogP) is 2.52. The average Bonchev–Trinajstić information content (AvgIpc) is 2.42. The maximum Gasteiger partial charge on any atom is 0.251 e. The first-order valence-corrected chi connectivity index (χ1v) is 7.45. The molecule has 0 saturated carbocycles. The van der Waals surface area contributed by atoms with Gasteiger partial charge in [-0.25, -0.2) is 0 Å². The van der Waals surface area contributed by atoms with Gasteiger partial charge in [-0.15, -0.1) is 0 Å². The molecule has 1 fully saturated rings. The Morgan fingerprint density at radius 1 is 1.40 bits per heavy atom. The SMILES string of the molecule is CC(C)N1CCC(NC(=O)c2ccc(N)c(Cl)c2)CC1. The lowest BCUT2D eigenvalue weighted by Crippen LogP contribution is -2.46. The van der Waals surface area contributed by atoms with Gasteiger partial charge in [0.1, 0.15) is 0 Å². The smallest absolute Gasteiger partial charge is 0.251 e. The largest absolute Gasteiger partial charge is 0.398 e. The van der Waals surface area contributed by atoms with Crippen LogP contribution < -0.4 is 11.1 Å². The van der Waals surface area contributed by atoms with Crippen molar-refractivity contribution >= 4 is 23.2 Å². The Hall–Kier alpha value is -1.26. The van der Waals surface area contributed by atoms with Crippen LogP contribution in [-0.4, -0.2) is 36.0 Å². The van der Waals surface area contributed by atoms with E-state index < -0.39 is 0 Å². The van der Waals surface area contributed by atoms with E-state index in [0.717, 1.165) is 25.9 Å². The molecule has 3 N–H and O–H groups in total. The van der Waals surface area contributed by atoms with E-state index in [1.165, 1.54) is 0 Å². The van der Waals surface area contributed by atoms with Crippen LogP contribution in [-0.2, 0) is 0 Å². The number of hydrogen-bond donors (Lipinski definition) is 2. The molecule has 0 unspecified atom stereocenters. The number of hydrogen-bond acceptors (Lipinski definition) is 3. The summed E-state index contributed by atoms with van der Waals surface area (Å²) in [5, 5.41) is 3.50. The zero-order chi connectivity index (χ0) is 14.7. The minimum absolute atomic E-state index is 0.0742. The van der Waals surface area contributed by atoms with E-state index in [2.05, 4.69) is 24.1 Å². The third-order valence-electron chi connectivity index (χ3n) is 3.86. The van der Waals surface area contributed by atoms with Crippen molar-refractivity contribution in [2.75, 3.05) is 18.8 Å². The van der Waals surface area contributed by atoms with Crippen molar-refractivity contribution in [1.82, 2.24) is 10.2 Å². The number of benzene rings is 1. The fourth-order valence-corrected chi connectivity index (χ4v) is 2.68. The van der Waals surface area contributed by atoms with Gasteiger partial charge < -0.3 is 16.0 Å². The van der Waals surface area contributed by atoms with Crippen LogP contribution in [0.15, 0.2) is 18.2 Å². The number of amides is 1. The number of carbonyl (C=O) groups is 1. The normalized spacial score (nSPS) is 17.4. The van der Waals surface area contributed by atoms with E-state index in [1.807, 2.05) is 0 Å². The first-order chi connectivity index (χ1) is 9.47. The van der Waals surface area contributed by atoms with Gasteiger partial charge >= 0.3 is 0 Å². The maximum atomic E-state index is 12.2. The first-order valence-electron chi connectivity index (χ1n) is 7.07. The predicted molar refractivity (Wildman–Crippen MR) is 83.1 cm³/mol.